The predicted molar refractivity (Wildman–Crippen MR) is 114 cm³/mol. The van der Waals surface area contributed by atoms with Crippen LogP contribution >= 0.6 is 0 Å². The molecule has 0 unspecified atom stereocenters. The van der Waals surface area contributed by atoms with E-state index in [9.17, 15) is 21.6 Å². The number of benzene rings is 1. The van der Waals surface area contributed by atoms with Crippen LogP contribution in [-0.2, 0) is 29.4 Å². The van der Waals surface area contributed by atoms with Gasteiger partial charge >= 0.3 is 0 Å². The van der Waals surface area contributed by atoms with Crippen LogP contribution in [0.4, 0.5) is 5.69 Å². The van der Waals surface area contributed by atoms with Crippen LogP contribution in [0.2, 0.25) is 0 Å². The molecule has 0 aromatic heterocycles. The molecule has 1 amide bonds. The van der Waals surface area contributed by atoms with Crippen LogP contribution in [0, 0.1) is 0 Å². The number of rotatable bonds is 11. The molecule has 0 atom stereocenters. The summed E-state index contributed by atoms with van der Waals surface area (Å²) in [6.07, 6.45) is 2.17. The van der Waals surface area contributed by atoms with Crippen LogP contribution in [0.3, 0.4) is 0 Å². The summed E-state index contributed by atoms with van der Waals surface area (Å²) >= 11 is 0. The maximum Gasteiger partial charge on any atom is 0.246 e. The first-order valence-electron chi connectivity index (χ1n) is 10.0. The zero-order valence-electron chi connectivity index (χ0n) is 17.4. The first-order valence-corrected chi connectivity index (χ1v) is 13.3. The minimum Gasteiger partial charge on any atom is -0.492 e. The Balaban J connectivity index is 2.20. The van der Waals surface area contributed by atoms with Gasteiger partial charge in [-0.1, -0.05) is 19.8 Å². The van der Waals surface area contributed by atoms with Crippen molar-refractivity contribution in [1.29, 1.82) is 0 Å². The standard InChI is InChI=1S/C19H30N2O7S2/c1-3-5-6-13-29(23,24)15-19(22)20-16-7-8-17(28-4-2)18(14-16)30(25,26)21-9-11-27-12-10-21/h7-8,14H,3-6,9-13,15H2,1-2H3,(H,20,22). The Morgan fingerprint density at radius 2 is 1.83 bits per heavy atom. The van der Waals surface area contributed by atoms with E-state index in [1.807, 2.05) is 6.92 Å². The fourth-order valence-corrected chi connectivity index (χ4v) is 5.85. The third-order valence-electron chi connectivity index (χ3n) is 4.53. The fraction of sp³-hybridized carbons (Fsp3) is 0.632. The molecule has 1 aromatic carbocycles. The van der Waals surface area contributed by atoms with Crippen molar-refractivity contribution in [1.82, 2.24) is 4.31 Å². The molecule has 2 rings (SSSR count). The number of anilines is 1. The van der Waals surface area contributed by atoms with Crippen molar-refractivity contribution in [3.05, 3.63) is 18.2 Å². The maximum absolute atomic E-state index is 13.1. The van der Waals surface area contributed by atoms with Crippen molar-refractivity contribution in [2.75, 3.05) is 49.7 Å². The van der Waals surface area contributed by atoms with E-state index >= 15 is 0 Å². The summed E-state index contributed by atoms with van der Waals surface area (Å²) in [4.78, 5) is 12.2. The molecule has 11 heteroatoms. The third kappa shape index (κ3) is 6.93. The quantitative estimate of drug-likeness (QED) is 0.497. The van der Waals surface area contributed by atoms with E-state index in [1.165, 1.54) is 22.5 Å². The summed E-state index contributed by atoms with van der Waals surface area (Å²) in [6.45, 7) is 5.03. The first-order chi connectivity index (χ1) is 14.2. The molecule has 30 heavy (non-hydrogen) atoms. The molecule has 1 aliphatic heterocycles. The average Bonchev–Trinajstić information content (AvgIpc) is 2.69. The third-order valence-corrected chi connectivity index (χ3v) is 8.06. The van der Waals surface area contributed by atoms with Gasteiger partial charge in [0, 0.05) is 18.8 Å². The second kappa shape index (κ2) is 11.1. The van der Waals surface area contributed by atoms with Crippen LogP contribution in [0.15, 0.2) is 23.1 Å². The van der Waals surface area contributed by atoms with Crippen LogP contribution in [-0.4, -0.2) is 71.5 Å². The molecule has 1 N–H and O–H groups in total. The molecule has 0 radical (unpaired) electrons. The predicted octanol–water partition coefficient (Wildman–Crippen LogP) is 1.65. The number of hydrogen-bond donors (Lipinski definition) is 1. The Morgan fingerprint density at radius 3 is 2.47 bits per heavy atom. The Morgan fingerprint density at radius 1 is 1.13 bits per heavy atom. The van der Waals surface area contributed by atoms with E-state index < -0.39 is 31.5 Å². The van der Waals surface area contributed by atoms with Gasteiger partial charge in [0.15, 0.2) is 9.84 Å². The summed E-state index contributed by atoms with van der Waals surface area (Å²) in [6, 6.07) is 4.25. The molecular formula is C19H30N2O7S2. The molecule has 9 nitrogen and oxygen atoms in total. The van der Waals surface area contributed by atoms with Crippen molar-refractivity contribution in [2.45, 2.75) is 38.0 Å². The fourth-order valence-electron chi connectivity index (χ4n) is 3.03. The number of carbonyl (C=O) groups excluding carboxylic acids is 1. The normalized spacial score (nSPS) is 15.7. The van der Waals surface area contributed by atoms with Gasteiger partial charge in [-0.05, 0) is 31.5 Å². The van der Waals surface area contributed by atoms with Gasteiger partial charge in [0.05, 0.1) is 25.6 Å². The summed E-state index contributed by atoms with van der Waals surface area (Å²) in [5, 5.41) is 2.49. The lowest BCUT2D eigenvalue weighted by molar-refractivity contribution is -0.113. The number of carbonyl (C=O) groups is 1. The number of amides is 1. The highest BCUT2D eigenvalue weighted by Crippen LogP contribution is 2.30. The van der Waals surface area contributed by atoms with Gasteiger partial charge in [-0.15, -0.1) is 0 Å². The van der Waals surface area contributed by atoms with E-state index in [0.29, 0.717) is 19.6 Å². The Kier molecular flexibility index (Phi) is 9.08. The number of nitrogens with zero attached hydrogens (tertiary/aromatic N) is 1. The molecule has 0 aliphatic carbocycles. The lowest BCUT2D eigenvalue weighted by Crippen LogP contribution is -2.40. The molecule has 1 heterocycles. The average molecular weight is 463 g/mol. The van der Waals surface area contributed by atoms with E-state index in [2.05, 4.69) is 5.32 Å². The van der Waals surface area contributed by atoms with Crippen molar-refractivity contribution >= 4 is 31.5 Å². The van der Waals surface area contributed by atoms with Crippen molar-refractivity contribution in [3.8, 4) is 5.75 Å². The Labute approximate surface area is 178 Å². The van der Waals surface area contributed by atoms with Gasteiger partial charge < -0.3 is 14.8 Å². The molecule has 170 valence electrons. The van der Waals surface area contributed by atoms with Crippen molar-refractivity contribution < 1.29 is 31.1 Å². The maximum atomic E-state index is 13.1. The van der Waals surface area contributed by atoms with Gasteiger partial charge in [0.1, 0.15) is 16.4 Å². The largest absolute Gasteiger partial charge is 0.492 e. The zero-order valence-corrected chi connectivity index (χ0v) is 19.1. The minimum atomic E-state index is -3.86. The zero-order chi connectivity index (χ0) is 22.2. The lowest BCUT2D eigenvalue weighted by Gasteiger charge is -2.27. The topological polar surface area (TPSA) is 119 Å². The number of sulfonamides is 1. The van der Waals surface area contributed by atoms with Crippen LogP contribution in [0.25, 0.3) is 0 Å². The molecular weight excluding hydrogens is 432 g/mol. The second-order valence-corrected chi connectivity index (χ2v) is 11.0. The highest BCUT2D eigenvalue weighted by molar-refractivity contribution is 7.92. The van der Waals surface area contributed by atoms with E-state index in [-0.39, 0.29) is 41.8 Å². The number of nitrogens with one attached hydrogen (secondary N) is 1. The summed E-state index contributed by atoms with van der Waals surface area (Å²) in [5.74, 6) is -1.22. The van der Waals surface area contributed by atoms with Crippen LogP contribution < -0.4 is 10.1 Å². The SMILES string of the molecule is CCCCCS(=O)(=O)CC(=O)Nc1ccc(OCC)c(S(=O)(=O)N2CCOCC2)c1. The lowest BCUT2D eigenvalue weighted by atomic mass is 10.3. The number of sulfone groups is 1. The second-order valence-electron chi connectivity index (χ2n) is 6.96. The number of hydrogen-bond acceptors (Lipinski definition) is 7. The van der Waals surface area contributed by atoms with Gasteiger partial charge in [0.25, 0.3) is 0 Å². The smallest absolute Gasteiger partial charge is 0.246 e. The van der Waals surface area contributed by atoms with E-state index in [1.54, 1.807) is 6.92 Å². The molecule has 1 aliphatic rings. The number of morpholine rings is 1. The van der Waals surface area contributed by atoms with Gasteiger partial charge in [-0.2, -0.15) is 4.31 Å². The van der Waals surface area contributed by atoms with Crippen molar-refractivity contribution in [3.63, 3.8) is 0 Å². The summed E-state index contributed by atoms with van der Waals surface area (Å²) in [5.41, 5.74) is 0.194. The minimum absolute atomic E-state index is 0.0474. The molecule has 0 saturated carbocycles. The summed E-state index contributed by atoms with van der Waals surface area (Å²) < 4.78 is 62.3. The molecule has 0 bridgehead atoms. The van der Waals surface area contributed by atoms with E-state index in [4.69, 9.17) is 9.47 Å². The molecule has 1 aromatic rings. The monoisotopic (exact) mass is 462 g/mol. The highest BCUT2D eigenvalue weighted by atomic mass is 32.2. The van der Waals surface area contributed by atoms with Crippen molar-refractivity contribution in [2.24, 2.45) is 0 Å². The van der Waals surface area contributed by atoms with Gasteiger partial charge in [-0.25, -0.2) is 16.8 Å². The van der Waals surface area contributed by atoms with Gasteiger partial charge in [-0.3, -0.25) is 4.79 Å². The number of ether oxygens (including phenoxy) is 2. The Bertz CT molecular complexity index is 924. The number of unbranched alkanes of at least 4 members (excludes halogenated alkanes) is 2. The van der Waals surface area contributed by atoms with E-state index in [0.717, 1.165) is 12.8 Å². The van der Waals surface area contributed by atoms with Crippen LogP contribution in [0.1, 0.15) is 33.1 Å². The van der Waals surface area contributed by atoms with Crippen LogP contribution in [0.5, 0.6) is 5.75 Å². The van der Waals surface area contributed by atoms with Gasteiger partial charge in [0.2, 0.25) is 15.9 Å². The first kappa shape index (κ1) is 24.6. The molecule has 1 fully saturated rings. The Hall–Kier alpha value is -1.69. The molecule has 1 saturated heterocycles. The summed E-state index contributed by atoms with van der Waals surface area (Å²) in [7, 11) is -7.39. The molecule has 0 spiro atoms. The highest BCUT2D eigenvalue weighted by Gasteiger charge is 2.30.